The van der Waals surface area contributed by atoms with Crippen molar-refractivity contribution in [2.75, 3.05) is 0 Å². The van der Waals surface area contributed by atoms with Gasteiger partial charge in [0.05, 0.1) is 0 Å². The van der Waals surface area contributed by atoms with Gasteiger partial charge in [-0.15, -0.1) is 18.1 Å². The summed E-state index contributed by atoms with van der Waals surface area (Å²) in [5.41, 5.74) is 0. The van der Waals surface area contributed by atoms with Gasteiger partial charge in [0.15, 0.2) is 0 Å². The fraction of sp³-hybridized carbons (Fsp3) is 0.0476. The van der Waals surface area contributed by atoms with Gasteiger partial charge in [-0.3, -0.25) is 0 Å². The molecule has 0 atom stereocenters. The Labute approximate surface area is 159 Å². The summed E-state index contributed by atoms with van der Waals surface area (Å²) in [6.07, 6.45) is 8.82. The second-order valence-corrected chi connectivity index (χ2v) is 7.51. The van der Waals surface area contributed by atoms with E-state index >= 15 is 0 Å². The monoisotopic (exact) mass is 501 g/mol. The van der Waals surface area contributed by atoms with Crippen LogP contribution in [-0.2, 0) is 21.1 Å². The van der Waals surface area contributed by atoms with Crippen molar-refractivity contribution in [2.24, 2.45) is 5.92 Å². The summed E-state index contributed by atoms with van der Waals surface area (Å²) in [7, 11) is -1.23. The molecule has 2 aromatic carbocycles. The number of rotatable bonds is 4. The van der Waals surface area contributed by atoms with E-state index < -0.39 is 8.80 Å². The number of hydrogen-bond donors (Lipinski definition) is 0. The Morgan fingerprint density at radius 2 is 1.04 bits per heavy atom. The van der Waals surface area contributed by atoms with Gasteiger partial charge in [0.1, 0.15) is 0 Å². The predicted octanol–water partition coefficient (Wildman–Crippen LogP) is 3.86. The molecule has 124 valence electrons. The predicted molar refractivity (Wildman–Crippen MR) is 105 cm³/mol. The van der Waals surface area contributed by atoms with Crippen molar-refractivity contribution in [1.29, 1.82) is 0 Å². The molecule has 2 aromatic rings. The molecule has 0 radical (unpaired) electrons. The minimum atomic E-state index is -1.23. The van der Waals surface area contributed by atoms with Gasteiger partial charge >= 0.3 is 21.1 Å². The van der Waals surface area contributed by atoms with E-state index in [1.54, 1.807) is 0 Å². The van der Waals surface area contributed by atoms with Crippen molar-refractivity contribution >= 4 is 19.2 Å². The first kappa shape index (κ1) is 24.1. The molecule has 1 aliphatic carbocycles. The van der Waals surface area contributed by atoms with Crippen LogP contribution in [0.25, 0.3) is 0 Å². The van der Waals surface area contributed by atoms with Crippen LogP contribution >= 0.6 is 0 Å². The SMILES string of the molecule is C1=CC([CH-][SiH](c2ccccc2)c2ccccc2)C=C1.[CH3-].[CH3-].[CH3-].[Pt+4]. The van der Waals surface area contributed by atoms with Crippen LogP contribution in [0.4, 0.5) is 0 Å². The third-order valence-electron chi connectivity index (χ3n) is 3.51. The number of allylic oxidation sites excluding steroid dienone is 4. The zero-order valence-corrected chi connectivity index (χ0v) is 17.6. The molecule has 0 saturated carbocycles. The van der Waals surface area contributed by atoms with Gasteiger partial charge in [0, 0.05) is 0 Å². The maximum absolute atomic E-state index is 2.55. The minimum Gasteiger partial charge on any atom is -0.358 e. The van der Waals surface area contributed by atoms with Crippen LogP contribution in [-0.4, -0.2) is 8.80 Å². The molecule has 1 aliphatic rings. The van der Waals surface area contributed by atoms with Crippen molar-refractivity contribution in [3.05, 3.63) is 113 Å². The molecule has 0 bridgehead atoms. The van der Waals surface area contributed by atoms with Gasteiger partial charge < -0.3 is 28.3 Å². The van der Waals surface area contributed by atoms with Gasteiger partial charge in [-0.2, -0.15) is 0 Å². The van der Waals surface area contributed by atoms with E-state index in [4.69, 9.17) is 0 Å². The summed E-state index contributed by atoms with van der Waals surface area (Å²) < 4.78 is 0. The van der Waals surface area contributed by atoms with E-state index in [0.29, 0.717) is 5.92 Å². The van der Waals surface area contributed by atoms with Crippen LogP contribution in [0.1, 0.15) is 0 Å². The molecule has 0 unspecified atom stereocenters. The van der Waals surface area contributed by atoms with Gasteiger partial charge in [0.2, 0.25) is 0 Å². The fourth-order valence-electron chi connectivity index (χ4n) is 2.53. The molecule has 0 saturated heterocycles. The molecule has 0 aliphatic heterocycles. The molecule has 0 nitrogen and oxygen atoms in total. The van der Waals surface area contributed by atoms with Crippen LogP contribution in [0.5, 0.6) is 0 Å². The smallest absolute Gasteiger partial charge is 0.358 e. The molecule has 3 rings (SSSR count). The van der Waals surface area contributed by atoms with Crippen LogP contribution in [0.2, 0.25) is 0 Å². The molecule has 0 aromatic heterocycles. The van der Waals surface area contributed by atoms with Crippen molar-refractivity contribution in [3.63, 3.8) is 0 Å². The van der Waals surface area contributed by atoms with Crippen LogP contribution in [0, 0.1) is 34.2 Å². The zero-order valence-electron chi connectivity index (χ0n) is 14.1. The summed E-state index contributed by atoms with van der Waals surface area (Å²) >= 11 is 0. The maximum atomic E-state index is 2.55. The Morgan fingerprint density at radius 3 is 1.43 bits per heavy atom. The van der Waals surface area contributed by atoms with E-state index in [2.05, 4.69) is 91.0 Å². The standard InChI is InChI=1S/C18H17Si.3CH3.Pt/c1-3-11-17(12-4-1)19(15-16-9-7-8-10-16)18-13-5-2-6-14-18;;;;/h1-16,19H;3*1H3;/q4*-1;+4. The second-order valence-electron chi connectivity index (χ2n) is 4.84. The van der Waals surface area contributed by atoms with Gasteiger partial charge in [-0.05, 0) is 8.80 Å². The molecule has 2 heteroatoms. The van der Waals surface area contributed by atoms with E-state index in [-0.39, 0.29) is 43.3 Å². The topological polar surface area (TPSA) is 0 Å². The molecule has 0 heterocycles. The van der Waals surface area contributed by atoms with Crippen LogP contribution in [0.15, 0.2) is 85.0 Å². The third-order valence-corrected chi connectivity index (χ3v) is 6.55. The zero-order chi connectivity index (χ0) is 12.9. The molecule has 0 fully saturated rings. The first-order valence-corrected chi connectivity index (χ1v) is 8.55. The summed E-state index contributed by atoms with van der Waals surface area (Å²) in [5, 5.41) is 2.98. The average molecular weight is 502 g/mol. The van der Waals surface area contributed by atoms with Crippen molar-refractivity contribution in [3.8, 4) is 0 Å². The Bertz CT molecular complexity index is 524. The molecular formula is C21H26PtSi. The van der Waals surface area contributed by atoms with Gasteiger partial charge in [0.25, 0.3) is 0 Å². The average Bonchev–Trinajstić information content (AvgIpc) is 3.00. The van der Waals surface area contributed by atoms with E-state index in [0.717, 1.165) is 0 Å². The first-order chi connectivity index (χ1) is 9.43. The van der Waals surface area contributed by atoms with Crippen molar-refractivity contribution in [1.82, 2.24) is 0 Å². The van der Waals surface area contributed by atoms with Gasteiger partial charge in [-0.25, -0.2) is 0 Å². The van der Waals surface area contributed by atoms with Crippen molar-refractivity contribution < 1.29 is 21.1 Å². The largest absolute Gasteiger partial charge is 4.00 e. The summed E-state index contributed by atoms with van der Waals surface area (Å²) in [5.74, 6) is 0.497. The van der Waals surface area contributed by atoms with Crippen LogP contribution < -0.4 is 10.4 Å². The molecular weight excluding hydrogens is 475 g/mol. The van der Waals surface area contributed by atoms with Gasteiger partial charge in [-0.1, -0.05) is 83.2 Å². The first-order valence-electron chi connectivity index (χ1n) is 6.73. The Balaban J connectivity index is 0. The van der Waals surface area contributed by atoms with E-state index in [9.17, 15) is 0 Å². The Hall–Kier alpha value is -1.17. The summed E-state index contributed by atoms with van der Waals surface area (Å²) in [6, 6.07) is 24.4. The Morgan fingerprint density at radius 1 is 0.652 bits per heavy atom. The number of benzene rings is 2. The summed E-state index contributed by atoms with van der Waals surface area (Å²) in [6.45, 7) is 0. The summed E-state index contributed by atoms with van der Waals surface area (Å²) in [4.78, 5) is 0. The van der Waals surface area contributed by atoms with E-state index in [1.165, 1.54) is 10.4 Å². The molecule has 0 amide bonds. The van der Waals surface area contributed by atoms with E-state index in [1.807, 2.05) is 0 Å². The quantitative estimate of drug-likeness (QED) is 0.441. The van der Waals surface area contributed by atoms with Crippen LogP contribution in [0.3, 0.4) is 0 Å². The Kier molecular flexibility index (Phi) is 12.9. The second kappa shape index (κ2) is 12.3. The molecule has 0 N–H and O–H groups in total. The van der Waals surface area contributed by atoms with Crippen molar-refractivity contribution in [2.45, 2.75) is 0 Å². The molecule has 23 heavy (non-hydrogen) atoms. The molecule has 0 spiro atoms. The third kappa shape index (κ3) is 6.45. The maximum Gasteiger partial charge on any atom is 4.00 e. The minimum absolute atomic E-state index is 0. The number of hydrogen-bond acceptors (Lipinski definition) is 0. The fourth-order valence-corrected chi connectivity index (χ4v) is 5.34. The normalized spacial score (nSPS) is 11.9.